The molecule has 2 aromatic rings. The molecule has 0 bridgehead atoms. The van der Waals surface area contributed by atoms with E-state index >= 15 is 0 Å². The molecule has 0 radical (unpaired) electrons. The molecule has 0 aliphatic rings. The summed E-state index contributed by atoms with van der Waals surface area (Å²) in [5.41, 5.74) is 4.51. The standard InChI is InChI=1S/C16H17OP.Li.H/c1-11-9-12(2)15(13(3)10-11)16(17)18-14-7-5-4-6-8-14;;/h4-10,18H,1-3H3;;. The van der Waals surface area contributed by atoms with Gasteiger partial charge in [-0.15, -0.1) is 0 Å². The van der Waals surface area contributed by atoms with Crippen LogP contribution in [-0.2, 0) is 0 Å². The van der Waals surface area contributed by atoms with Gasteiger partial charge in [0.1, 0.15) is 0 Å². The number of benzene rings is 2. The van der Waals surface area contributed by atoms with Crippen LogP contribution in [0.3, 0.4) is 0 Å². The van der Waals surface area contributed by atoms with Gasteiger partial charge < -0.3 is 0 Å². The van der Waals surface area contributed by atoms with Crippen LogP contribution >= 0.6 is 8.58 Å². The average molecular weight is 264 g/mol. The number of carbonyl (C=O) groups is 1. The summed E-state index contributed by atoms with van der Waals surface area (Å²) in [6.45, 7) is 6.10. The van der Waals surface area contributed by atoms with E-state index in [0.717, 1.165) is 22.0 Å². The first-order chi connectivity index (χ1) is 8.58. The van der Waals surface area contributed by atoms with Gasteiger partial charge in [-0.05, 0) is 45.8 Å². The van der Waals surface area contributed by atoms with Crippen molar-refractivity contribution in [1.29, 1.82) is 0 Å². The molecule has 19 heavy (non-hydrogen) atoms. The molecule has 0 aliphatic carbocycles. The van der Waals surface area contributed by atoms with Crippen LogP contribution in [0.1, 0.15) is 27.0 Å². The van der Waals surface area contributed by atoms with E-state index in [0.29, 0.717) is 0 Å². The number of rotatable bonds is 3. The van der Waals surface area contributed by atoms with Crippen molar-refractivity contribution in [3.63, 3.8) is 0 Å². The summed E-state index contributed by atoms with van der Waals surface area (Å²) in [4.78, 5) is 12.4. The fourth-order valence-corrected chi connectivity index (χ4v) is 3.39. The van der Waals surface area contributed by atoms with Crippen molar-refractivity contribution < 1.29 is 4.79 Å². The minimum absolute atomic E-state index is 0. The molecule has 1 unspecified atom stereocenters. The molecule has 3 heteroatoms. The van der Waals surface area contributed by atoms with E-state index < -0.39 is 0 Å². The first-order valence-corrected chi connectivity index (χ1v) is 7.02. The van der Waals surface area contributed by atoms with E-state index in [4.69, 9.17) is 0 Å². The van der Waals surface area contributed by atoms with Crippen molar-refractivity contribution in [3.8, 4) is 0 Å². The molecule has 0 saturated heterocycles. The van der Waals surface area contributed by atoms with E-state index in [2.05, 4.69) is 19.1 Å². The summed E-state index contributed by atoms with van der Waals surface area (Å²) in [7, 11) is 0.206. The molecule has 1 nitrogen and oxygen atoms in total. The van der Waals surface area contributed by atoms with E-state index in [-0.39, 0.29) is 33.0 Å². The topological polar surface area (TPSA) is 17.1 Å². The predicted octanol–water partition coefficient (Wildman–Crippen LogP) is 3.11. The van der Waals surface area contributed by atoms with Gasteiger partial charge in [0, 0.05) is 5.56 Å². The Bertz CT molecular complexity index is 556. The van der Waals surface area contributed by atoms with Gasteiger partial charge in [0.25, 0.3) is 0 Å². The maximum absolute atomic E-state index is 12.4. The van der Waals surface area contributed by atoms with Gasteiger partial charge >= 0.3 is 18.9 Å². The molecule has 0 spiro atoms. The Kier molecular flexibility index (Phi) is 6.02. The third-order valence-electron chi connectivity index (χ3n) is 2.94. The molecule has 2 aromatic carbocycles. The molecule has 0 N–H and O–H groups in total. The quantitative estimate of drug-likeness (QED) is 0.615. The van der Waals surface area contributed by atoms with E-state index in [9.17, 15) is 4.79 Å². The second-order valence-electron chi connectivity index (χ2n) is 4.59. The maximum atomic E-state index is 12.4. The second-order valence-corrected chi connectivity index (χ2v) is 5.88. The molecule has 1 atom stereocenters. The van der Waals surface area contributed by atoms with Crippen molar-refractivity contribution in [2.24, 2.45) is 0 Å². The summed E-state index contributed by atoms with van der Waals surface area (Å²) in [5, 5.41) is 1.10. The van der Waals surface area contributed by atoms with Gasteiger partial charge in [-0.3, -0.25) is 4.79 Å². The van der Waals surface area contributed by atoms with E-state index in [1.54, 1.807) is 0 Å². The molecule has 0 aliphatic heterocycles. The van der Waals surface area contributed by atoms with Crippen LogP contribution in [-0.4, -0.2) is 24.4 Å². The molecular formula is C16H18LiOP. The van der Waals surface area contributed by atoms with Crippen molar-refractivity contribution in [2.45, 2.75) is 20.8 Å². The summed E-state index contributed by atoms with van der Waals surface area (Å²) in [6, 6.07) is 14.1. The Morgan fingerprint density at radius 2 is 1.47 bits per heavy atom. The van der Waals surface area contributed by atoms with Gasteiger partial charge in [0.2, 0.25) is 0 Å². The zero-order valence-electron chi connectivity index (χ0n) is 10.9. The molecule has 0 saturated carbocycles. The van der Waals surface area contributed by atoms with Gasteiger partial charge in [-0.2, -0.15) is 0 Å². The second kappa shape index (κ2) is 7.06. The van der Waals surface area contributed by atoms with Gasteiger partial charge in [0.15, 0.2) is 5.52 Å². The van der Waals surface area contributed by atoms with E-state index in [1.807, 2.05) is 44.2 Å². The first-order valence-electron chi connectivity index (χ1n) is 6.02. The first kappa shape index (κ1) is 16.2. The van der Waals surface area contributed by atoms with Crippen molar-refractivity contribution in [2.75, 3.05) is 0 Å². The van der Waals surface area contributed by atoms with Crippen LogP contribution < -0.4 is 5.30 Å². The van der Waals surface area contributed by atoms with Crippen LogP contribution in [0, 0.1) is 20.8 Å². The number of hydrogen-bond donors (Lipinski definition) is 0. The van der Waals surface area contributed by atoms with Crippen LogP contribution in [0.15, 0.2) is 42.5 Å². The van der Waals surface area contributed by atoms with Gasteiger partial charge in [0.05, 0.1) is 0 Å². The van der Waals surface area contributed by atoms with Crippen LogP contribution in [0.4, 0.5) is 0 Å². The summed E-state index contributed by atoms with van der Waals surface area (Å²) < 4.78 is 0. The van der Waals surface area contributed by atoms with Gasteiger partial charge in [-0.1, -0.05) is 48.0 Å². The Morgan fingerprint density at radius 3 is 2.00 bits per heavy atom. The Hall–Kier alpha value is -0.863. The van der Waals surface area contributed by atoms with E-state index in [1.165, 1.54) is 5.56 Å². The van der Waals surface area contributed by atoms with Gasteiger partial charge in [-0.25, -0.2) is 0 Å². The molecule has 0 amide bonds. The monoisotopic (exact) mass is 264 g/mol. The Morgan fingerprint density at radius 1 is 0.947 bits per heavy atom. The SMILES string of the molecule is Cc1cc(C)c(C(=O)Pc2ccccc2)c(C)c1.[LiH]. The molecule has 2 rings (SSSR count). The predicted molar refractivity (Wildman–Crippen MR) is 86.5 cm³/mol. The normalized spacial score (nSPS) is 10.5. The molecule has 0 aromatic heterocycles. The zero-order valence-corrected chi connectivity index (χ0v) is 11.9. The summed E-state index contributed by atoms with van der Waals surface area (Å²) >= 11 is 0. The van der Waals surface area contributed by atoms with Crippen molar-refractivity contribution >= 4 is 38.3 Å². The average Bonchev–Trinajstić information content (AvgIpc) is 2.28. The fraction of sp³-hybridized carbons (Fsp3) is 0.188. The van der Waals surface area contributed by atoms with Crippen LogP contribution in [0.25, 0.3) is 0 Å². The zero-order chi connectivity index (χ0) is 13.1. The molecule has 94 valence electrons. The minimum atomic E-state index is 0. The van der Waals surface area contributed by atoms with Crippen LogP contribution in [0.5, 0.6) is 0 Å². The van der Waals surface area contributed by atoms with Crippen molar-refractivity contribution in [3.05, 3.63) is 64.7 Å². The Balaban J connectivity index is 0.00000180. The Labute approximate surface area is 128 Å². The van der Waals surface area contributed by atoms with Crippen molar-refractivity contribution in [1.82, 2.24) is 0 Å². The number of hydrogen-bond acceptors (Lipinski definition) is 1. The number of aryl methyl sites for hydroxylation is 3. The number of carbonyl (C=O) groups excluding carboxylic acids is 1. The van der Waals surface area contributed by atoms with Crippen LogP contribution in [0.2, 0.25) is 0 Å². The summed E-state index contributed by atoms with van der Waals surface area (Å²) in [5.74, 6) is 0. The summed E-state index contributed by atoms with van der Waals surface area (Å²) in [6.07, 6.45) is 0. The molecular weight excluding hydrogens is 246 g/mol. The molecule has 0 fully saturated rings. The third kappa shape index (κ3) is 4.05. The molecule has 0 heterocycles. The fourth-order valence-electron chi connectivity index (χ4n) is 2.25. The third-order valence-corrected chi connectivity index (χ3v) is 4.03.